The predicted octanol–water partition coefficient (Wildman–Crippen LogP) is 2.92. The van der Waals surface area contributed by atoms with Gasteiger partial charge in [-0.1, -0.05) is 0 Å². The van der Waals surface area contributed by atoms with Crippen molar-refractivity contribution in [2.45, 2.75) is 26.8 Å². The lowest BCUT2D eigenvalue weighted by Gasteiger charge is -2.13. The van der Waals surface area contributed by atoms with Crippen LogP contribution in [0, 0.1) is 6.92 Å². The van der Waals surface area contributed by atoms with Gasteiger partial charge < -0.3 is 9.88 Å². The van der Waals surface area contributed by atoms with E-state index < -0.39 is 0 Å². The van der Waals surface area contributed by atoms with Gasteiger partial charge in [0.1, 0.15) is 11.5 Å². The van der Waals surface area contributed by atoms with Crippen molar-refractivity contribution in [3.8, 4) is 0 Å². The summed E-state index contributed by atoms with van der Waals surface area (Å²) in [6.45, 7) is 5.76. The average molecular weight is 279 g/mol. The molecule has 5 nitrogen and oxygen atoms in total. The highest BCUT2D eigenvalue weighted by Gasteiger charge is 2.08. The number of nitrogens with one attached hydrogen (secondary N) is 1. The van der Waals surface area contributed by atoms with Crippen LogP contribution in [0.1, 0.15) is 25.5 Å². The quantitative estimate of drug-likeness (QED) is 0.877. The molecule has 0 aliphatic heterocycles. The van der Waals surface area contributed by atoms with E-state index in [4.69, 9.17) is 11.6 Å². The number of hydrogen-bond acceptors (Lipinski definition) is 4. The highest BCUT2D eigenvalue weighted by atomic mass is 35.5. The molecule has 2 aromatic heterocycles. The van der Waals surface area contributed by atoms with Gasteiger partial charge in [0.25, 0.3) is 5.56 Å². The summed E-state index contributed by atoms with van der Waals surface area (Å²) < 4.78 is 1.65. The first-order valence-electron chi connectivity index (χ1n) is 5.96. The van der Waals surface area contributed by atoms with Crippen LogP contribution in [0.25, 0.3) is 0 Å². The lowest BCUT2D eigenvalue weighted by Crippen LogP contribution is -2.23. The van der Waals surface area contributed by atoms with Crippen molar-refractivity contribution in [3.05, 3.63) is 45.7 Å². The maximum Gasteiger partial charge on any atom is 0.274 e. The SMILES string of the molecule is Cc1cnc(Cl)nc1Nc1cccn(C(C)C)c1=O. The van der Waals surface area contributed by atoms with Crippen molar-refractivity contribution < 1.29 is 0 Å². The molecule has 6 heteroatoms. The molecule has 100 valence electrons. The Morgan fingerprint density at radius 1 is 1.42 bits per heavy atom. The molecule has 0 bridgehead atoms. The number of rotatable bonds is 3. The van der Waals surface area contributed by atoms with Crippen LogP contribution in [-0.4, -0.2) is 14.5 Å². The van der Waals surface area contributed by atoms with E-state index in [1.54, 1.807) is 23.0 Å². The zero-order chi connectivity index (χ0) is 14.0. The zero-order valence-corrected chi connectivity index (χ0v) is 11.8. The molecule has 19 heavy (non-hydrogen) atoms. The fourth-order valence-corrected chi connectivity index (χ4v) is 1.82. The van der Waals surface area contributed by atoms with Crippen LogP contribution in [0.3, 0.4) is 0 Å². The van der Waals surface area contributed by atoms with Crippen molar-refractivity contribution in [1.29, 1.82) is 0 Å². The Morgan fingerprint density at radius 2 is 2.16 bits per heavy atom. The summed E-state index contributed by atoms with van der Waals surface area (Å²) in [6.07, 6.45) is 3.37. The Kier molecular flexibility index (Phi) is 3.85. The van der Waals surface area contributed by atoms with Crippen molar-refractivity contribution >= 4 is 23.1 Å². The Bertz CT molecular complexity index is 651. The van der Waals surface area contributed by atoms with Crippen LogP contribution in [0.2, 0.25) is 5.28 Å². The van der Waals surface area contributed by atoms with Gasteiger partial charge in [-0.25, -0.2) is 9.97 Å². The second-order valence-electron chi connectivity index (χ2n) is 4.52. The second-order valence-corrected chi connectivity index (χ2v) is 4.86. The monoisotopic (exact) mass is 278 g/mol. The number of aromatic nitrogens is 3. The van der Waals surface area contributed by atoms with E-state index >= 15 is 0 Å². The van der Waals surface area contributed by atoms with Gasteiger partial charge in [-0.15, -0.1) is 0 Å². The van der Waals surface area contributed by atoms with Crippen molar-refractivity contribution in [2.75, 3.05) is 5.32 Å². The minimum absolute atomic E-state index is 0.0911. The van der Waals surface area contributed by atoms with E-state index in [9.17, 15) is 4.79 Å². The van der Waals surface area contributed by atoms with Gasteiger partial charge in [0, 0.05) is 24.0 Å². The summed E-state index contributed by atoms with van der Waals surface area (Å²) in [5, 5.41) is 3.15. The van der Waals surface area contributed by atoms with Crippen LogP contribution < -0.4 is 10.9 Å². The molecule has 0 saturated heterocycles. The molecular weight excluding hydrogens is 264 g/mol. The molecule has 0 saturated carbocycles. The van der Waals surface area contributed by atoms with Gasteiger partial charge in [-0.3, -0.25) is 4.79 Å². The summed E-state index contributed by atoms with van der Waals surface area (Å²) in [5.41, 5.74) is 1.20. The van der Waals surface area contributed by atoms with E-state index in [-0.39, 0.29) is 16.9 Å². The summed E-state index contributed by atoms with van der Waals surface area (Å²) in [7, 11) is 0. The molecule has 0 aliphatic rings. The van der Waals surface area contributed by atoms with Crippen LogP contribution in [-0.2, 0) is 0 Å². The standard InChI is InChI=1S/C13H15ClN4O/c1-8(2)18-6-4-5-10(12(18)19)16-11-9(3)7-15-13(14)17-11/h4-8H,1-3H3,(H,15,16,17). The third-order valence-corrected chi connectivity index (χ3v) is 2.91. The van der Waals surface area contributed by atoms with Gasteiger partial charge in [0.2, 0.25) is 5.28 Å². The number of pyridine rings is 1. The smallest absolute Gasteiger partial charge is 0.274 e. The first kappa shape index (κ1) is 13.5. The number of hydrogen-bond donors (Lipinski definition) is 1. The molecule has 0 atom stereocenters. The molecular formula is C13H15ClN4O. The number of nitrogens with zero attached hydrogens (tertiary/aromatic N) is 3. The van der Waals surface area contributed by atoms with Crippen LogP contribution >= 0.6 is 11.6 Å². The number of anilines is 2. The molecule has 2 heterocycles. The van der Waals surface area contributed by atoms with E-state index in [0.717, 1.165) is 5.56 Å². The minimum atomic E-state index is -0.0911. The van der Waals surface area contributed by atoms with Gasteiger partial charge in [0.15, 0.2) is 0 Å². The molecule has 0 spiro atoms. The molecule has 1 N–H and O–H groups in total. The Hall–Kier alpha value is -1.88. The molecule has 2 rings (SSSR count). The largest absolute Gasteiger partial charge is 0.335 e. The highest BCUT2D eigenvalue weighted by molar-refractivity contribution is 6.28. The fourth-order valence-electron chi connectivity index (χ4n) is 1.69. The second kappa shape index (κ2) is 5.40. The zero-order valence-electron chi connectivity index (χ0n) is 11.0. The molecule has 0 aromatic carbocycles. The van der Waals surface area contributed by atoms with Crippen LogP contribution in [0.4, 0.5) is 11.5 Å². The summed E-state index contributed by atoms with van der Waals surface area (Å²) in [5.74, 6) is 0.540. The summed E-state index contributed by atoms with van der Waals surface area (Å²) >= 11 is 5.76. The van der Waals surface area contributed by atoms with Crippen molar-refractivity contribution in [2.24, 2.45) is 0 Å². The first-order chi connectivity index (χ1) is 8.99. The normalized spacial score (nSPS) is 10.8. The van der Waals surface area contributed by atoms with Gasteiger partial charge in [0.05, 0.1) is 0 Å². The molecule has 0 unspecified atom stereocenters. The molecule has 2 aromatic rings. The Morgan fingerprint density at radius 3 is 2.84 bits per heavy atom. The topological polar surface area (TPSA) is 59.8 Å². The van der Waals surface area contributed by atoms with E-state index in [1.165, 1.54) is 0 Å². The van der Waals surface area contributed by atoms with Crippen LogP contribution in [0.5, 0.6) is 0 Å². The molecule has 0 aliphatic carbocycles. The Labute approximate surface area is 116 Å². The fraction of sp³-hybridized carbons (Fsp3) is 0.308. The van der Waals surface area contributed by atoms with E-state index in [2.05, 4.69) is 15.3 Å². The number of aryl methyl sites for hydroxylation is 1. The maximum atomic E-state index is 12.2. The van der Waals surface area contributed by atoms with E-state index in [1.807, 2.05) is 26.8 Å². The molecule has 0 amide bonds. The maximum absolute atomic E-state index is 12.2. The van der Waals surface area contributed by atoms with E-state index in [0.29, 0.717) is 11.5 Å². The lowest BCUT2D eigenvalue weighted by atomic mass is 10.3. The molecule has 0 fully saturated rings. The minimum Gasteiger partial charge on any atom is -0.335 e. The summed E-state index contributed by atoms with van der Waals surface area (Å²) in [4.78, 5) is 20.2. The first-order valence-corrected chi connectivity index (χ1v) is 6.34. The lowest BCUT2D eigenvalue weighted by molar-refractivity contribution is 0.580. The third kappa shape index (κ3) is 2.93. The predicted molar refractivity (Wildman–Crippen MR) is 76.1 cm³/mol. The molecule has 0 radical (unpaired) electrons. The number of halogens is 1. The van der Waals surface area contributed by atoms with Gasteiger partial charge in [-0.05, 0) is 44.5 Å². The van der Waals surface area contributed by atoms with Crippen molar-refractivity contribution in [1.82, 2.24) is 14.5 Å². The van der Waals surface area contributed by atoms with Crippen LogP contribution in [0.15, 0.2) is 29.3 Å². The van der Waals surface area contributed by atoms with Gasteiger partial charge >= 0.3 is 0 Å². The average Bonchev–Trinajstić information content (AvgIpc) is 2.36. The van der Waals surface area contributed by atoms with Crippen molar-refractivity contribution in [3.63, 3.8) is 0 Å². The highest BCUT2D eigenvalue weighted by Crippen LogP contribution is 2.17. The summed E-state index contributed by atoms with van der Waals surface area (Å²) in [6, 6.07) is 3.64. The Balaban J connectivity index is 2.42. The third-order valence-electron chi connectivity index (χ3n) is 2.73. The van der Waals surface area contributed by atoms with Gasteiger partial charge in [-0.2, -0.15) is 0 Å².